The number of carbonyl (C=O) groups is 2. The van der Waals surface area contributed by atoms with E-state index in [0.717, 1.165) is 38.9 Å². The number of unbranched alkanes of at least 4 members (excludes halogenated alkanes) is 10. The third-order valence-electron chi connectivity index (χ3n) is 8.62. The highest BCUT2D eigenvalue weighted by atomic mass is 16.6. The Kier molecular flexibility index (Phi) is 14.6. The molecule has 48 heavy (non-hydrogen) atoms. The Labute approximate surface area is 285 Å². The first-order valence-electron chi connectivity index (χ1n) is 17.9. The molecule has 2 atom stereocenters. The maximum atomic E-state index is 12.9. The van der Waals surface area contributed by atoms with Crippen LogP contribution in [-0.4, -0.2) is 50.6 Å². The molecule has 3 aromatic rings. The van der Waals surface area contributed by atoms with E-state index >= 15 is 0 Å². The molecule has 0 spiro atoms. The highest BCUT2D eigenvalue weighted by Gasteiger charge is 2.21. The molecule has 0 saturated carbocycles. The maximum absolute atomic E-state index is 12.9. The van der Waals surface area contributed by atoms with Crippen molar-refractivity contribution in [3.8, 4) is 23.0 Å². The van der Waals surface area contributed by atoms with Crippen molar-refractivity contribution in [2.75, 3.05) is 26.4 Å². The Morgan fingerprint density at radius 1 is 0.500 bits per heavy atom. The van der Waals surface area contributed by atoms with E-state index in [1.807, 2.05) is 0 Å². The lowest BCUT2D eigenvalue weighted by Crippen LogP contribution is -2.12. The lowest BCUT2D eigenvalue weighted by Gasteiger charge is -2.11. The van der Waals surface area contributed by atoms with Gasteiger partial charge in [0.25, 0.3) is 0 Å². The van der Waals surface area contributed by atoms with E-state index in [-0.39, 0.29) is 11.5 Å². The summed E-state index contributed by atoms with van der Waals surface area (Å²) < 4.78 is 33.4. The van der Waals surface area contributed by atoms with Crippen LogP contribution in [-0.2, 0) is 9.47 Å². The minimum atomic E-state index is -0.552. The number of carbonyl (C=O) groups excluding carboxylic acids is 2. The number of benzene rings is 3. The topological polar surface area (TPSA) is 96.1 Å². The highest BCUT2D eigenvalue weighted by Crippen LogP contribution is 2.29. The summed E-state index contributed by atoms with van der Waals surface area (Å²) in [5.74, 6) is 0.639. The Balaban J connectivity index is 0.972. The normalized spacial score (nSPS) is 16.2. The van der Waals surface area contributed by atoms with Crippen LogP contribution in [0.2, 0.25) is 0 Å². The second-order valence-electron chi connectivity index (χ2n) is 12.7. The average Bonchev–Trinajstić information content (AvgIpc) is 4.05. The number of epoxide rings is 2. The largest absolute Gasteiger partial charge is 0.494 e. The van der Waals surface area contributed by atoms with Crippen LogP contribution in [0.1, 0.15) is 111 Å². The molecule has 0 aromatic heterocycles. The zero-order valence-electron chi connectivity index (χ0n) is 28.1. The van der Waals surface area contributed by atoms with Gasteiger partial charge in [-0.15, -0.1) is 0 Å². The van der Waals surface area contributed by atoms with Crippen molar-refractivity contribution in [3.05, 3.63) is 83.9 Å². The molecular formula is C40H50O8. The quantitative estimate of drug-likeness (QED) is 0.0407. The minimum Gasteiger partial charge on any atom is -0.494 e. The van der Waals surface area contributed by atoms with Gasteiger partial charge in [-0.2, -0.15) is 0 Å². The predicted octanol–water partition coefficient (Wildman–Crippen LogP) is 9.14. The molecule has 0 amide bonds. The van der Waals surface area contributed by atoms with Crippen molar-refractivity contribution in [2.24, 2.45) is 0 Å². The number of hydrogen-bond donors (Lipinski definition) is 0. The number of hydrogen-bond acceptors (Lipinski definition) is 8. The fourth-order valence-corrected chi connectivity index (χ4v) is 5.52. The number of rotatable bonds is 24. The second kappa shape index (κ2) is 19.8. The monoisotopic (exact) mass is 658 g/mol. The fraction of sp³-hybridized carbons (Fsp3) is 0.500. The van der Waals surface area contributed by atoms with E-state index in [1.54, 1.807) is 72.8 Å². The van der Waals surface area contributed by atoms with Gasteiger partial charge in [0, 0.05) is 0 Å². The number of ether oxygens (including phenoxy) is 6. The first-order valence-corrected chi connectivity index (χ1v) is 17.9. The minimum absolute atomic E-state index is 0.161. The van der Waals surface area contributed by atoms with E-state index < -0.39 is 11.9 Å². The molecule has 2 aliphatic heterocycles. The van der Waals surface area contributed by atoms with Gasteiger partial charge in [-0.3, -0.25) is 0 Å². The van der Waals surface area contributed by atoms with Crippen LogP contribution in [0.25, 0.3) is 0 Å². The van der Waals surface area contributed by atoms with Crippen LogP contribution >= 0.6 is 0 Å². The molecule has 3 aromatic carbocycles. The third kappa shape index (κ3) is 13.3. The van der Waals surface area contributed by atoms with Gasteiger partial charge < -0.3 is 28.4 Å². The van der Waals surface area contributed by atoms with Gasteiger partial charge in [0.15, 0.2) is 11.5 Å². The van der Waals surface area contributed by atoms with Gasteiger partial charge in [-0.25, -0.2) is 9.59 Å². The summed E-state index contributed by atoms with van der Waals surface area (Å²) in [6.07, 6.45) is 17.8. The summed E-state index contributed by atoms with van der Waals surface area (Å²) in [6.45, 7) is 3.20. The summed E-state index contributed by atoms with van der Waals surface area (Å²) in [7, 11) is 0. The molecule has 2 unspecified atom stereocenters. The van der Waals surface area contributed by atoms with E-state index in [9.17, 15) is 9.59 Å². The molecule has 0 bridgehead atoms. The van der Waals surface area contributed by atoms with Crippen molar-refractivity contribution in [2.45, 2.75) is 102 Å². The molecule has 258 valence electrons. The van der Waals surface area contributed by atoms with Crippen LogP contribution in [0, 0.1) is 0 Å². The van der Waals surface area contributed by atoms with Crippen molar-refractivity contribution in [3.63, 3.8) is 0 Å². The van der Waals surface area contributed by atoms with Crippen molar-refractivity contribution in [1.29, 1.82) is 0 Å². The first-order chi connectivity index (χ1) is 23.6. The van der Waals surface area contributed by atoms with Crippen LogP contribution in [0.4, 0.5) is 0 Å². The van der Waals surface area contributed by atoms with Gasteiger partial charge in [0.1, 0.15) is 11.5 Å². The summed E-state index contributed by atoms with van der Waals surface area (Å²) in [5.41, 5.74) is 0.741. The lowest BCUT2D eigenvalue weighted by atomic mass is 10.1. The van der Waals surface area contributed by atoms with Crippen LogP contribution in [0.3, 0.4) is 0 Å². The molecular weight excluding hydrogens is 608 g/mol. The summed E-state index contributed by atoms with van der Waals surface area (Å²) in [6, 6.07) is 20.4. The van der Waals surface area contributed by atoms with Gasteiger partial charge in [-0.05, 0) is 86.3 Å². The molecule has 0 N–H and O–H groups in total. The Bertz CT molecular complexity index is 1270. The molecule has 2 heterocycles. The van der Waals surface area contributed by atoms with Gasteiger partial charge in [-0.1, -0.05) is 76.3 Å². The Morgan fingerprint density at radius 3 is 1.23 bits per heavy atom. The summed E-state index contributed by atoms with van der Waals surface area (Å²) in [4.78, 5) is 25.8. The maximum Gasteiger partial charge on any atom is 0.343 e. The van der Waals surface area contributed by atoms with Crippen LogP contribution in [0.5, 0.6) is 23.0 Å². The Hall–Kier alpha value is -3.88. The number of para-hydroxylation sites is 2. The van der Waals surface area contributed by atoms with Crippen LogP contribution < -0.4 is 18.9 Å². The van der Waals surface area contributed by atoms with Crippen LogP contribution in [0.15, 0.2) is 72.8 Å². The summed E-state index contributed by atoms with van der Waals surface area (Å²) in [5, 5.41) is 0. The smallest absolute Gasteiger partial charge is 0.343 e. The molecule has 8 heteroatoms. The van der Waals surface area contributed by atoms with Gasteiger partial charge in [0.05, 0.1) is 49.8 Å². The van der Waals surface area contributed by atoms with E-state index in [0.29, 0.717) is 48.0 Å². The molecule has 2 aliphatic rings. The molecule has 8 nitrogen and oxygen atoms in total. The van der Waals surface area contributed by atoms with Gasteiger partial charge in [0.2, 0.25) is 0 Å². The predicted molar refractivity (Wildman–Crippen MR) is 184 cm³/mol. The standard InChI is InChI=1S/C40H50O8/c41-39(31-19-23-33(24-20-31)43-27-13-7-3-1-5-9-15-35-29-45-35)47-37-17-11-12-18-38(37)48-40(42)32-21-25-34(26-22-32)44-28-14-8-4-2-6-10-16-36-30-46-36/h11-12,17-26,35-36H,1-10,13-16,27-30H2. The van der Waals surface area contributed by atoms with Crippen molar-refractivity contribution in [1.82, 2.24) is 0 Å². The van der Waals surface area contributed by atoms with E-state index in [4.69, 9.17) is 28.4 Å². The average molecular weight is 659 g/mol. The summed E-state index contributed by atoms with van der Waals surface area (Å²) >= 11 is 0. The van der Waals surface area contributed by atoms with E-state index in [1.165, 1.54) is 64.2 Å². The SMILES string of the molecule is O=C(Oc1ccccc1OC(=O)c1ccc(OCCCCCCCCC2CO2)cc1)c1ccc(OCCCCCCCCC2CO2)cc1. The lowest BCUT2D eigenvalue weighted by molar-refractivity contribution is 0.0682. The molecule has 2 saturated heterocycles. The number of esters is 2. The molecule has 5 rings (SSSR count). The molecule has 2 fully saturated rings. The molecule has 0 radical (unpaired) electrons. The van der Waals surface area contributed by atoms with E-state index in [2.05, 4.69) is 0 Å². The fourth-order valence-electron chi connectivity index (χ4n) is 5.52. The zero-order valence-corrected chi connectivity index (χ0v) is 28.1. The van der Waals surface area contributed by atoms with Crippen molar-refractivity contribution >= 4 is 11.9 Å². The molecule has 0 aliphatic carbocycles. The van der Waals surface area contributed by atoms with Gasteiger partial charge >= 0.3 is 11.9 Å². The third-order valence-corrected chi connectivity index (χ3v) is 8.62. The first kappa shape index (κ1) is 35.4. The Morgan fingerprint density at radius 2 is 0.854 bits per heavy atom. The zero-order chi connectivity index (χ0) is 33.2. The second-order valence-corrected chi connectivity index (χ2v) is 12.7. The van der Waals surface area contributed by atoms with Crippen molar-refractivity contribution < 1.29 is 38.0 Å². The highest BCUT2D eigenvalue weighted by molar-refractivity contribution is 5.93.